The Labute approximate surface area is 136 Å². The quantitative estimate of drug-likeness (QED) is 0.553. The number of benzene rings is 2. The summed E-state index contributed by atoms with van der Waals surface area (Å²) in [7, 11) is 0. The molecule has 2 aromatic carbocycles. The third-order valence-electron chi connectivity index (χ3n) is 3.61. The number of phenols is 3. The molecule has 0 atom stereocenters. The van der Waals surface area contributed by atoms with E-state index in [2.05, 4.69) is 6.58 Å². The van der Waals surface area contributed by atoms with Crippen molar-refractivity contribution >= 4 is 17.2 Å². The van der Waals surface area contributed by atoms with Crippen molar-refractivity contribution in [2.45, 2.75) is 13.8 Å². The topological polar surface area (TPSA) is 60.7 Å². The average Bonchev–Trinajstić information content (AvgIpc) is 2.53. The smallest absolute Gasteiger partial charge is 0.158 e. The van der Waals surface area contributed by atoms with Gasteiger partial charge >= 0.3 is 0 Å². The standard InChI is InChI=1S/C20H20O3/c1-4-6-15-11-19(22)20(23)12-18(15)13(3)17(5-2)14-7-9-16(21)10-8-14/h4-12,21-23H,3H2,1-2H3/b6-4-,17-5+. The van der Waals surface area contributed by atoms with E-state index in [0.717, 1.165) is 27.8 Å². The number of allylic oxidation sites excluding steroid dienone is 4. The number of hydrogen-bond acceptors (Lipinski definition) is 3. The summed E-state index contributed by atoms with van der Waals surface area (Å²) in [6.07, 6.45) is 5.64. The third kappa shape index (κ3) is 3.46. The van der Waals surface area contributed by atoms with E-state index in [-0.39, 0.29) is 17.2 Å². The normalized spacial score (nSPS) is 11.8. The van der Waals surface area contributed by atoms with Crippen molar-refractivity contribution in [2.24, 2.45) is 0 Å². The Morgan fingerprint density at radius 1 is 0.957 bits per heavy atom. The fraction of sp³-hybridized carbons (Fsp3) is 0.100. The molecule has 0 saturated carbocycles. The molecular weight excluding hydrogens is 288 g/mol. The highest BCUT2D eigenvalue weighted by molar-refractivity contribution is 6.05. The second-order valence-corrected chi connectivity index (χ2v) is 5.16. The molecule has 2 aromatic rings. The van der Waals surface area contributed by atoms with Crippen molar-refractivity contribution in [3.8, 4) is 17.2 Å². The highest BCUT2D eigenvalue weighted by Crippen LogP contribution is 2.37. The zero-order valence-electron chi connectivity index (χ0n) is 13.2. The first-order valence-corrected chi connectivity index (χ1v) is 7.32. The van der Waals surface area contributed by atoms with Crippen LogP contribution in [0.3, 0.4) is 0 Å². The van der Waals surface area contributed by atoms with Crippen LogP contribution in [-0.2, 0) is 0 Å². The van der Waals surface area contributed by atoms with Crippen LogP contribution in [0.1, 0.15) is 30.5 Å². The molecule has 2 rings (SSSR count). The van der Waals surface area contributed by atoms with Gasteiger partial charge in [-0.2, -0.15) is 0 Å². The summed E-state index contributed by atoms with van der Waals surface area (Å²) in [4.78, 5) is 0. The van der Waals surface area contributed by atoms with Gasteiger partial charge in [-0.3, -0.25) is 0 Å². The van der Waals surface area contributed by atoms with Gasteiger partial charge in [-0.25, -0.2) is 0 Å². The van der Waals surface area contributed by atoms with Crippen LogP contribution in [0.2, 0.25) is 0 Å². The molecular formula is C20H20O3. The molecule has 0 spiro atoms. The van der Waals surface area contributed by atoms with Crippen LogP contribution in [0.25, 0.3) is 17.2 Å². The summed E-state index contributed by atoms with van der Waals surface area (Å²) < 4.78 is 0. The van der Waals surface area contributed by atoms with Crippen LogP contribution in [0.4, 0.5) is 0 Å². The van der Waals surface area contributed by atoms with Crippen molar-refractivity contribution in [2.75, 3.05) is 0 Å². The molecule has 3 nitrogen and oxygen atoms in total. The van der Waals surface area contributed by atoms with E-state index in [9.17, 15) is 15.3 Å². The van der Waals surface area contributed by atoms with Crippen LogP contribution < -0.4 is 0 Å². The summed E-state index contributed by atoms with van der Waals surface area (Å²) in [6, 6.07) is 9.88. The fourth-order valence-corrected chi connectivity index (χ4v) is 2.47. The van der Waals surface area contributed by atoms with Crippen molar-refractivity contribution in [3.63, 3.8) is 0 Å². The summed E-state index contributed by atoms with van der Waals surface area (Å²) in [6.45, 7) is 7.94. The van der Waals surface area contributed by atoms with Gasteiger partial charge in [0.15, 0.2) is 11.5 Å². The van der Waals surface area contributed by atoms with Crippen LogP contribution in [-0.4, -0.2) is 15.3 Å². The van der Waals surface area contributed by atoms with Crippen molar-refractivity contribution in [1.82, 2.24) is 0 Å². The van der Waals surface area contributed by atoms with Gasteiger partial charge in [-0.1, -0.05) is 36.9 Å². The van der Waals surface area contributed by atoms with E-state index >= 15 is 0 Å². The summed E-state index contributed by atoms with van der Waals surface area (Å²) in [5.41, 5.74) is 4.03. The molecule has 0 amide bonds. The molecule has 118 valence electrons. The van der Waals surface area contributed by atoms with Crippen LogP contribution in [0.15, 0.2) is 55.1 Å². The Hall–Kier alpha value is -2.94. The minimum absolute atomic E-state index is 0.165. The molecule has 0 aliphatic rings. The molecule has 0 unspecified atom stereocenters. The van der Waals surface area contributed by atoms with Crippen LogP contribution >= 0.6 is 0 Å². The predicted molar refractivity (Wildman–Crippen MR) is 95.3 cm³/mol. The van der Waals surface area contributed by atoms with Crippen LogP contribution in [0.5, 0.6) is 17.2 Å². The van der Waals surface area contributed by atoms with E-state index in [1.54, 1.807) is 12.1 Å². The Kier molecular flexibility index (Phi) is 4.91. The number of hydrogen-bond donors (Lipinski definition) is 3. The lowest BCUT2D eigenvalue weighted by atomic mass is 9.90. The Bertz CT molecular complexity index is 781. The Morgan fingerprint density at radius 2 is 1.57 bits per heavy atom. The van der Waals surface area contributed by atoms with Gasteiger partial charge in [0.25, 0.3) is 0 Å². The van der Waals surface area contributed by atoms with E-state index < -0.39 is 0 Å². The second-order valence-electron chi connectivity index (χ2n) is 5.16. The van der Waals surface area contributed by atoms with Crippen molar-refractivity contribution in [3.05, 3.63) is 71.8 Å². The average molecular weight is 308 g/mol. The van der Waals surface area contributed by atoms with Gasteiger partial charge in [0, 0.05) is 0 Å². The summed E-state index contributed by atoms with van der Waals surface area (Å²) in [5.74, 6) is -0.149. The summed E-state index contributed by atoms with van der Waals surface area (Å²) >= 11 is 0. The van der Waals surface area contributed by atoms with Crippen molar-refractivity contribution in [1.29, 1.82) is 0 Å². The van der Waals surface area contributed by atoms with Crippen LogP contribution in [0, 0.1) is 0 Å². The maximum absolute atomic E-state index is 9.84. The van der Waals surface area contributed by atoms with Gasteiger partial charge in [-0.15, -0.1) is 0 Å². The molecule has 0 saturated heterocycles. The molecule has 0 aromatic heterocycles. The van der Waals surface area contributed by atoms with Gasteiger partial charge in [0.05, 0.1) is 0 Å². The lowest BCUT2D eigenvalue weighted by Crippen LogP contribution is -1.93. The van der Waals surface area contributed by atoms with E-state index in [0.29, 0.717) is 0 Å². The highest BCUT2D eigenvalue weighted by atomic mass is 16.3. The molecule has 0 bridgehead atoms. The number of rotatable bonds is 4. The summed E-state index contributed by atoms with van der Waals surface area (Å²) in [5, 5.41) is 29.0. The van der Waals surface area contributed by atoms with Gasteiger partial charge < -0.3 is 15.3 Å². The largest absolute Gasteiger partial charge is 0.508 e. The minimum Gasteiger partial charge on any atom is -0.508 e. The monoisotopic (exact) mass is 308 g/mol. The third-order valence-corrected chi connectivity index (χ3v) is 3.61. The molecule has 23 heavy (non-hydrogen) atoms. The number of aromatic hydroxyl groups is 3. The first kappa shape index (κ1) is 16.4. The SMILES string of the molecule is C=C(/C(=C\C)c1ccc(O)cc1)c1cc(O)c(O)cc1/C=C\C. The van der Waals surface area contributed by atoms with Gasteiger partial charge in [0.1, 0.15) is 5.75 Å². The Balaban J connectivity index is 2.54. The maximum atomic E-state index is 9.84. The maximum Gasteiger partial charge on any atom is 0.158 e. The highest BCUT2D eigenvalue weighted by Gasteiger charge is 2.14. The first-order valence-electron chi connectivity index (χ1n) is 7.32. The van der Waals surface area contributed by atoms with E-state index in [1.807, 2.05) is 44.2 Å². The molecule has 0 aliphatic heterocycles. The van der Waals surface area contributed by atoms with E-state index in [4.69, 9.17) is 0 Å². The Morgan fingerprint density at radius 3 is 2.13 bits per heavy atom. The molecule has 0 fully saturated rings. The second kappa shape index (κ2) is 6.88. The lowest BCUT2D eigenvalue weighted by molar-refractivity contribution is 0.403. The zero-order valence-corrected chi connectivity index (χ0v) is 13.2. The molecule has 3 heteroatoms. The van der Waals surface area contributed by atoms with Crippen molar-refractivity contribution < 1.29 is 15.3 Å². The van der Waals surface area contributed by atoms with E-state index in [1.165, 1.54) is 12.1 Å². The lowest BCUT2D eigenvalue weighted by Gasteiger charge is -2.15. The van der Waals surface area contributed by atoms with Gasteiger partial charge in [-0.05, 0) is 65.9 Å². The molecule has 0 heterocycles. The minimum atomic E-state index is -0.185. The number of phenolic OH excluding ortho intramolecular Hbond substituents is 3. The molecule has 0 radical (unpaired) electrons. The zero-order chi connectivity index (χ0) is 17.0. The van der Waals surface area contributed by atoms with Gasteiger partial charge in [0.2, 0.25) is 0 Å². The molecule has 3 N–H and O–H groups in total. The molecule has 0 aliphatic carbocycles. The predicted octanol–water partition coefficient (Wildman–Crippen LogP) is 4.95. The fourth-order valence-electron chi connectivity index (χ4n) is 2.47. The first-order chi connectivity index (χ1) is 11.0.